The van der Waals surface area contributed by atoms with E-state index in [0.29, 0.717) is 23.2 Å². The topological polar surface area (TPSA) is 35.5 Å². The smallest absolute Gasteiger partial charge is 0.170 e. The van der Waals surface area contributed by atoms with Gasteiger partial charge in [-0.3, -0.25) is 4.79 Å². The van der Waals surface area contributed by atoms with Crippen LogP contribution in [0.3, 0.4) is 0 Å². The first-order valence-corrected chi connectivity index (χ1v) is 6.40. The zero-order valence-electron chi connectivity index (χ0n) is 11.1. The van der Waals surface area contributed by atoms with Crippen LogP contribution in [-0.4, -0.2) is 20.7 Å². The summed E-state index contributed by atoms with van der Waals surface area (Å²) < 4.78 is 11.1. The average Bonchev–Trinajstić information content (AvgIpc) is 2.48. The van der Waals surface area contributed by atoms with E-state index < -0.39 is 0 Å². The molecular formula is C16H13BO3. The highest BCUT2D eigenvalue weighted by Crippen LogP contribution is 2.35. The van der Waals surface area contributed by atoms with E-state index in [9.17, 15) is 4.79 Å². The summed E-state index contributed by atoms with van der Waals surface area (Å²) in [6.07, 6.45) is 0.0256. The Labute approximate surface area is 118 Å². The van der Waals surface area contributed by atoms with Crippen molar-refractivity contribution >= 4 is 19.1 Å². The van der Waals surface area contributed by atoms with E-state index in [4.69, 9.17) is 17.3 Å². The Hall–Kier alpha value is -2.23. The van der Waals surface area contributed by atoms with Gasteiger partial charge in [-0.1, -0.05) is 29.7 Å². The molecule has 1 unspecified atom stereocenters. The van der Waals surface area contributed by atoms with Crippen LogP contribution in [0.5, 0.6) is 11.5 Å². The van der Waals surface area contributed by atoms with E-state index in [2.05, 4.69) is 0 Å². The number of fused-ring (bicyclic) bond motifs is 1. The van der Waals surface area contributed by atoms with Gasteiger partial charge in [0.1, 0.15) is 25.4 Å². The summed E-state index contributed by atoms with van der Waals surface area (Å²) in [6.45, 7) is 0. The van der Waals surface area contributed by atoms with E-state index in [1.165, 1.54) is 0 Å². The number of methoxy groups -OCH3 is 1. The predicted octanol–water partition coefficient (Wildman–Crippen LogP) is 2.20. The first kappa shape index (κ1) is 12.8. The van der Waals surface area contributed by atoms with Gasteiger partial charge in [0.05, 0.1) is 19.1 Å². The number of carbonyl (C=O) groups excluding carboxylic acids is 1. The minimum Gasteiger partial charge on any atom is -0.497 e. The van der Waals surface area contributed by atoms with Crippen LogP contribution in [0.2, 0.25) is 0 Å². The number of Topliss-reactive ketones (excluding diaryl/α,β-unsaturated/α-hetero) is 1. The lowest BCUT2D eigenvalue weighted by Crippen LogP contribution is -2.22. The van der Waals surface area contributed by atoms with Crippen molar-refractivity contribution < 1.29 is 14.3 Å². The van der Waals surface area contributed by atoms with Crippen LogP contribution in [-0.2, 0) is 0 Å². The Morgan fingerprint density at radius 3 is 2.90 bits per heavy atom. The number of carbonyl (C=O) groups is 1. The number of benzene rings is 2. The lowest BCUT2D eigenvalue weighted by molar-refractivity contribution is 0.0850. The Morgan fingerprint density at radius 2 is 2.10 bits per heavy atom. The Bertz CT molecular complexity index is 667. The largest absolute Gasteiger partial charge is 0.497 e. The molecule has 3 nitrogen and oxygen atoms in total. The third-order valence-electron chi connectivity index (χ3n) is 3.41. The Morgan fingerprint density at radius 1 is 1.25 bits per heavy atom. The molecule has 0 saturated heterocycles. The summed E-state index contributed by atoms with van der Waals surface area (Å²) in [5.74, 6) is 1.39. The zero-order valence-corrected chi connectivity index (χ0v) is 11.1. The molecule has 4 heteroatoms. The van der Waals surface area contributed by atoms with Gasteiger partial charge in [-0.15, -0.1) is 0 Å². The normalized spacial score (nSPS) is 17.2. The molecule has 1 aliphatic rings. The molecule has 2 aromatic rings. The van der Waals surface area contributed by atoms with Crippen LogP contribution in [0.1, 0.15) is 28.4 Å². The van der Waals surface area contributed by atoms with Crippen molar-refractivity contribution in [3.05, 3.63) is 53.6 Å². The summed E-state index contributed by atoms with van der Waals surface area (Å²) in [7, 11) is 7.32. The third kappa shape index (κ3) is 2.29. The lowest BCUT2D eigenvalue weighted by Gasteiger charge is -2.26. The van der Waals surface area contributed by atoms with Gasteiger partial charge in [0, 0.05) is 0 Å². The molecule has 0 bridgehead atoms. The molecule has 98 valence electrons. The van der Waals surface area contributed by atoms with E-state index in [0.717, 1.165) is 11.3 Å². The van der Waals surface area contributed by atoms with Crippen LogP contribution >= 0.6 is 0 Å². The van der Waals surface area contributed by atoms with Crippen molar-refractivity contribution in [1.82, 2.24) is 0 Å². The number of hydrogen-bond donors (Lipinski definition) is 0. The van der Waals surface area contributed by atoms with Crippen molar-refractivity contribution in [1.29, 1.82) is 0 Å². The van der Waals surface area contributed by atoms with Gasteiger partial charge in [0.2, 0.25) is 0 Å². The minimum absolute atomic E-state index is 0.0476. The fraction of sp³-hybridized carbons (Fsp3) is 0.188. The third-order valence-corrected chi connectivity index (χ3v) is 3.41. The number of ether oxygens (including phenoxy) is 2. The fourth-order valence-electron chi connectivity index (χ4n) is 2.37. The highest BCUT2D eigenvalue weighted by atomic mass is 16.5. The van der Waals surface area contributed by atoms with Gasteiger partial charge >= 0.3 is 0 Å². The molecule has 0 fully saturated rings. The Balaban J connectivity index is 1.94. The average molecular weight is 264 g/mol. The molecule has 3 rings (SSSR count). The first-order valence-electron chi connectivity index (χ1n) is 6.40. The number of ketones is 1. The van der Waals surface area contributed by atoms with Crippen molar-refractivity contribution in [2.45, 2.75) is 12.5 Å². The summed E-state index contributed by atoms with van der Waals surface area (Å²) >= 11 is 0. The molecule has 0 saturated carbocycles. The van der Waals surface area contributed by atoms with E-state index in [-0.39, 0.29) is 11.9 Å². The van der Waals surface area contributed by atoms with Gasteiger partial charge in [-0.25, -0.2) is 0 Å². The van der Waals surface area contributed by atoms with Gasteiger partial charge < -0.3 is 9.47 Å². The molecule has 0 amide bonds. The molecular weight excluding hydrogens is 251 g/mol. The lowest BCUT2D eigenvalue weighted by atomic mass is 9.89. The highest BCUT2D eigenvalue weighted by Gasteiger charge is 2.27. The molecule has 1 aliphatic heterocycles. The van der Waals surface area contributed by atoms with E-state index in [1.54, 1.807) is 25.3 Å². The van der Waals surface area contributed by atoms with Crippen molar-refractivity contribution in [3.63, 3.8) is 0 Å². The molecule has 2 radical (unpaired) electrons. The summed E-state index contributed by atoms with van der Waals surface area (Å²) in [5, 5.41) is 0. The van der Waals surface area contributed by atoms with Crippen LogP contribution < -0.4 is 14.9 Å². The Kier molecular flexibility index (Phi) is 3.22. The standard InChI is InChI=1S/C16H13BO3/c1-19-12-4-2-3-10(7-12)16-9-14(18)13-8-11(17)5-6-15(13)20-16/h2-8,16H,9H2,1H3. The van der Waals surface area contributed by atoms with Crippen LogP contribution in [0.15, 0.2) is 42.5 Å². The molecule has 2 aromatic carbocycles. The van der Waals surface area contributed by atoms with E-state index in [1.807, 2.05) is 24.3 Å². The summed E-state index contributed by atoms with van der Waals surface area (Å²) in [4.78, 5) is 12.2. The van der Waals surface area contributed by atoms with Crippen molar-refractivity contribution in [2.24, 2.45) is 0 Å². The maximum absolute atomic E-state index is 12.2. The zero-order chi connectivity index (χ0) is 14.1. The first-order chi connectivity index (χ1) is 9.67. The van der Waals surface area contributed by atoms with Crippen LogP contribution in [0.25, 0.3) is 0 Å². The van der Waals surface area contributed by atoms with Crippen molar-refractivity contribution in [2.75, 3.05) is 7.11 Å². The second-order valence-corrected chi connectivity index (χ2v) is 4.77. The number of hydrogen-bond acceptors (Lipinski definition) is 3. The van der Waals surface area contributed by atoms with Crippen LogP contribution in [0, 0.1) is 0 Å². The minimum atomic E-state index is -0.284. The molecule has 0 aliphatic carbocycles. The predicted molar refractivity (Wildman–Crippen MR) is 77.1 cm³/mol. The molecule has 0 spiro atoms. The van der Waals surface area contributed by atoms with Gasteiger partial charge in [0.15, 0.2) is 5.78 Å². The maximum Gasteiger partial charge on any atom is 0.170 e. The fourth-order valence-corrected chi connectivity index (χ4v) is 2.37. The second kappa shape index (κ2) is 5.04. The van der Waals surface area contributed by atoms with Crippen molar-refractivity contribution in [3.8, 4) is 11.5 Å². The molecule has 1 atom stereocenters. The SMILES string of the molecule is [B]c1ccc2c(c1)C(=O)CC(c1cccc(OC)c1)O2. The molecule has 0 aromatic heterocycles. The second-order valence-electron chi connectivity index (χ2n) is 4.77. The quantitative estimate of drug-likeness (QED) is 0.780. The monoisotopic (exact) mass is 264 g/mol. The molecule has 20 heavy (non-hydrogen) atoms. The van der Waals surface area contributed by atoms with Gasteiger partial charge in [-0.2, -0.15) is 0 Å². The van der Waals surface area contributed by atoms with Gasteiger partial charge in [-0.05, 0) is 23.8 Å². The molecule has 1 heterocycles. The summed E-state index contributed by atoms with van der Waals surface area (Å²) in [6, 6.07) is 12.7. The van der Waals surface area contributed by atoms with Crippen LogP contribution in [0.4, 0.5) is 0 Å². The maximum atomic E-state index is 12.2. The highest BCUT2D eigenvalue weighted by molar-refractivity contribution is 6.32. The number of rotatable bonds is 2. The molecule has 0 N–H and O–H groups in total. The van der Waals surface area contributed by atoms with Gasteiger partial charge in [0.25, 0.3) is 0 Å². The van der Waals surface area contributed by atoms with E-state index >= 15 is 0 Å². The summed E-state index contributed by atoms with van der Waals surface area (Å²) in [5.41, 5.74) is 2.06.